The molecule has 0 aliphatic heterocycles. The van der Waals surface area contributed by atoms with Crippen LogP contribution in [0.2, 0.25) is 0 Å². The van der Waals surface area contributed by atoms with Crippen LogP contribution in [-0.4, -0.2) is 14.9 Å². The van der Waals surface area contributed by atoms with Crippen LogP contribution in [0.4, 0.5) is 0 Å². The van der Waals surface area contributed by atoms with Crippen molar-refractivity contribution in [1.82, 2.24) is 9.78 Å². The molecule has 1 N–H and O–H groups in total. The van der Waals surface area contributed by atoms with Gasteiger partial charge in [-0.15, -0.1) is 11.3 Å². The van der Waals surface area contributed by atoms with E-state index < -0.39 is 6.10 Å². The largest absolute Gasteiger partial charge is 0.388 e. The molecule has 0 spiro atoms. The Morgan fingerprint density at radius 2 is 2.00 bits per heavy atom. The molecular weight excluding hydrogens is 244 g/mol. The van der Waals surface area contributed by atoms with Crippen molar-refractivity contribution in [3.05, 3.63) is 38.8 Å². The zero-order chi connectivity index (χ0) is 13.3. The van der Waals surface area contributed by atoms with Gasteiger partial charge < -0.3 is 5.11 Å². The third kappa shape index (κ3) is 2.49. The lowest BCUT2D eigenvalue weighted by molar-refractivity contribution is 0.178. The van der Waals surface area contributed by atoms with Crippen molar-refractivity contribution in [3.63, 3.8) is 0 Å². The number of hydrogen-bond donors (Lipinski definition) is 1. The number of thiophene rings is 1. The van der Waals surface area contributed by atoms with E-state index in [4.69, 9.17) is 0 Å². The highest BCUT2D eigenvalue weighted by atomic mass is 32.1. The van der Waals surface area contributed by atoms with Crippen LogP contribution in [-0.2, 0) is 19.9 Å². The summed E-state index contributed by atoms with van der Waals surface area (Å²) in [6.07, 6.45) is 1.28. The summed E-state index contributed by atoms with van der Waals surface area (Å²) in [5.74, 6) is 0. The van der Waals surface area contributed by atoms with Crippen molar-refractivity contribution in [2.45, 2.75) is 39.7 Å². The van der Waals surface area contributed by atoms with Crippen LogP contribution in [0.3, 0.4) is 0 Å². The highest BCUT2D eigenvalue weighted by Crippen LogP contribution is 2.27. The standard InChI is InChI=1S/C14H20N2OS/c1-5-11-6-7-12(18-11)8-13(17)14-9(2)15-16(4)10(14)3/h6-7,13,17H,5,8H2,1-4H3. The van der Waals surface area contributed by atoms with Crippen LogP contribution >= 0.6 is 11.3 Å². The van der Waals surface area contributed by atoms with E-state index in [1.54, 1.807) is 11.3 Å². The normalized spacial score (nSPS) is 12.9. The van der Waals surface area contributed by atoms with E-state index in [-0.39, 0.29) is 0 Å². The molecule has 0 saturated carbocycles. The minimum atomic E-state index is -0.456. The molecule has 3 nitrogen and oxygen atoms in total. The Morgan fingerprint density at radius 1 is 1.33 bits per heavy atom. The molecule has 0 aliphatic carbocycles. The fourth-order valence-electron chi connectivity index (χ4n) is 2.29. The first-order valence-electron chi connectivity index (χ1n) is 6.28. The van der Waals surface area contributed by atoms with Crippen LogP contribution < -0.4 is 0 Å². The molecule has 18 heavy (non-hydrogen) atoms. The molecule has 0 amide bonds. The lowest BCUT2D eigenvalue weighted by Crippen LogP contribution is -2.04. The molecule has 2 heterocycles. The highest BCUT2D eigenvalue weighted by molar-refractivity contribution is 7.11. The molecule has 2 aromatic heterocycles. The third-order valence-electron chi connectivity index (χ3n) is 3.36. The number of aliphatic hydroxyl groups is 1. The van der Waals surface area contributed by atoms with E-state index in [1.165, 1.54) is 9.75 Å². The predicted molar refractivity (Wildman–Crippen MR) is 75.0 cm³/mol. The van der Waals surface area contributed by atoms with Gasteiger partial charge in [-0.05, 0) is 32.4 Å². The van der Waals surface area contributed by atoms with Gasteiger partial charge in [-0.3, -0.25) is 4.68 Å². The van der Waals surface area contributed by atoms with Gasteiger partial charge >= 0.3 is 0 Å². The van der Waals surface area contributed by atoms with Crippen LogP contribution in [0.5, 0.6) is 0 Å². The topological polar surface area (TPSA) is 38.1 Å². The zero-order valence-electron chi connectivity index (χ0n) is 11.4. The maximum Gasteiger partial charge on any atom is 0.0874 e. The van der Waals surface area contributed by atoms with Gasteiger partial charge in [0.15, 0.2) is 0 Å². The SMILES string of the molecule is CCc1ccc(CC(O)c2c(C)nn(C)c2C)s1. The van der Waals surface area contributed by atoms with Crippen LogP contribution in [0.15, 0.2) is 12.1 Å². The number of aromatic nitrogens is 2. The summed E-state index contributed by atoms with van der Waals surface area (Å²) in [5, 5.41) is 14.7. The zero-order valence-corrected chi connectivity index (χ0v) is 12.2. The summed E-state index contributed by atoms with van der Waals surface area (Å²) in [6, 6.07) is 4.27. The number of rotatable bonds is 4. The first-order valence-corrected chi connectivity index (χ1v) is 7.10. The van der Waals surface area contributed by atoms with Crippen molar-refractivity contribution >= 4 is 11.3 Å². The van der Waals surface area contributed by atoms with E-state index in [1.807, 2.05) is 25.6 Å². The highest BCUT2D eigenvalue weighted by Gasteiger charge is 2.18. The summed E-state index contributed by atoms with van der Waals surface area (Å²) in [4.78, 5) is 2.61. The van der Waals surface area contributed by atoms with Crippen LogP contribution in [0.1, 0.15) is 39.7 Å². The minimum absolute atomic E-state index is 0.456. The van der Waals surface area contributed by atoms with E-state index in [0.717, 1.165) is 23.4 Å². The molecule has 2 rings (SSSR count). The molecule has 4 heteroatoms. The molecule has 0 saturated heterocycles. The Labute approximate surface area is 112 Å². The van der Waals surface area contributed by atoms with Gasteiger partial charge in [0.05, 0.1) is 11.8 Å². The van der Waals surface area contributed by atoms with Gasteiger partial charge in [-0.25, -0.2) is 0 Å². The molecule has 1 atom stereocenters. The molecule has 0 aromatic carbocycles. The molecule has 0 fully saturated rings. The van der Waals surface area contributed by atoms with Crippen molar-refractivity contribution in [1.29, 1.82) is 0 Å². The Balaban J connectivity index is 2.18. The average Bonchev–Trinajstić information content (AvgIpc) is 2.85. The second kappa shape index (κ2) is 5.24. The first-order chi connectivity index (χ1) is 8.52. The number of hydrogen-bond acceptors (Lipinski definition) is 3. The second-order valence-corrected chi connectivity index (χ2v) is 5.90. The Morgan fingerprint density at radius 3 is 2.50 bits per heavy atom. The van der Waals surface area contributed by atoms with Gasteiger partial charge in [-0.1, -0.05) is 6.92 Å². The van der Waals surface area contributed by atoms with Gasteiger partial charge in [0.25, 0.3) is 0 Å². The van der Waals surface area contributed by atoms with Crippen molar-refractivity contribution in [2.75, 3.05) is 0 Å². The number of aliphatic hydroxyl groups excluding tert-OH is 1. The van der Waals surface area contributed by atoms with Crippen molar-refractivity contribution in [2.24, 2.45) is 7.05 Å². The predicted octanol–water partition coefficient (Wildman–Crippen LogP) is 2.94. The van der Waals surface area contributed by atoms with Crippen LogP contribution in [0.25, 0.3) is 0 Å². The van der Waals surface area contributed by atoms with Crippen LogP contribution in [0, 0.1) is 13.8 Å². The lowest BCUT2D eigenvalue weighted by atomic mass is 10.0. The average molecular weight is 264 g/mol. The van der Waals surface area contributed by atoms with E-state index in [9.17, 15) is 5.11 Å². The fraction of sp³-hybridized carbons (Fsp3) is 0.500. The van der Waals surface area contributed by atoms with Gasteiger partial charge in [-0.2, -0.15) is 5.10 Å². The van der Waals surface area contributed by atoms with Gasteiger partial charge in [0, 0.05) is 34.5 Å². The quantitative estimate of drug-likeness (QED) is 0.922. The molecule has 2 aromatic rings. The summed E-state index contributed by atoms with van der Waals surface area (Å²) in [7, 11) is 1.92. The first kappa shape index (κ1) is 13.3. The smallest absolute Gasteiger partial charge is 0.0874 e. The maximum absolute atomic E-state index is 10.4. The molecule has 1 unspecified atom stereocenters. The van der Waals surface area contributed by atoms with Crippen molar-refractivity contribution in [3.8, 4) is 0 Å². The Hall–Kier alpha value is -1.13. The number of nitrogens with zero attached hydrogens (tertiary/aromatic N) is 2. The summed E-state index contributed by atoms with van der Waals surface area (Å²) >= 11 is 1.79. The van der Waals surface area contributed by atoms with E-state index in [2.05, 4.69) is 24.2 Å². The monoisotopic (exact) mass is 264 g/mol. The third-order valence-corrected chi connectivity index (χ3v) is 4.61. The molecule has 0 bridgehead atoms. The molecule has 98 valence electrons. The summed E-state index contributed by atoms with van der Waals surface area (Å²) in [5.41, 5.74) is 2.95. The summed E-state index contributed by atoms with van der Waals surface area (Å²) in [6.45, 7) is 6.11. The minimum Gasteiger partial charge on any atom is -0.388 e. The lowest BCUT2D eigenvalue weighted by Gasteiger charge is -2.10. The fourth-order valence-corrected chi connectivity index (χ4v) is 3.28. The molecular formula is C14H20N2OS. The van der Waals surface area contributed by atoms with Gasteiger partial charge in [0.1, 0.15) is 0 Å². The maximum atomic E-state index is 10.4. The second-order valence-electron chi connectivity index (χ2n) is 4.65. The molecule has 0 aliphatic rings. The number of aryl methyl sites for hydroxylation is 3. The van der Waals surface area contributed by atoms with E-state index in [0.29, 0.717) is 6.42 Å². The Kier molecular flexibility index (Phi) is 3.88. The summed E-state index contributed by atoms with van der Waals surface area (Å²) < 4.78 is 1.83. The van der Waals surface area contributed by atoms with Crippen molar-refractivity contribution < 1.29 is 5.11 Å². The van der Waals surface area contributed by atoms with E-state index >= 15 is 0 Å². The van der Waals surface area contributed by atoms with Gasteiger partial charge in [0.2, 0.25) is 0 Å². The Bertz CT molecular complexity index is 542. The molecule has 0 radical (unpaired) electrons.